The van der Waals surface area contributed by atoms with Gasteiger partial charge >= 0.3 is 0 Å². The maximum absolute atomic E-state index is 6.71. The molecule has 1 aliphatic rings. The van der Waals surface area contributed by atoms with Crippen molar-refractivity contribution >= 4 is 21.9 Å². The Morgan fingerprint density at radius 3 is 1.40 bits per heavy atom. The van der Waals surface area contributed by atoms with Crippen LogP contribution < -0.4 is 0 Å². The smallest absolute Gasteiger partial charge is 0.164 e. The topological polar surface area (TPSA) is 51.8 Å². The van der Waals surface area contributed by atoms with Gasteiger partial charge in [0.2, 0.25) is 0 Å². The predicted molar refractivity (Wildman–Crippen MR) is 252 cm³/mol. The van der Waals surface area contributed by atoms with Crippen molar-refractivity contribution in [3.63, 3.8) is 0 Å². The van der Waals surface area contributed by atoms with E-state index in [-0.39, 0.29) is 0 Å². The molecule has 12 rings (SSSR count). The average Bonchev–Trinajstić information content (AvgIpc) is 3.88. The maximum Gasteiger partial charge on any atom is 0.164 e. The summed E-state index contributed by atoms with van der Waals surface area (Å²) in [6.07, 6.45) is 0. The van der Waals surface area contributed by atoms with Gasteiger partial charge in [-0.15, -0.1) is 0 Å². The highest BCUT2D eigenvalue weighted by atomic mass is 16.3. The SMILES string of the molecule is c1ccc(-c2cccc(-c3nc(-c4ccccc4)nc(-c4cccc(-c5ccc6oc7cc(C8(c9ccccc9)c9ccccc9-c9ccccc98)ccc7c6c5)c4)n3)c2)cc1. The van der Waals surface area contributed by atoms with Crippen LogP contribution in [-0.2, 0) is 5.41 Å². The first kappa shape index (κ1) is 35.7. The lowest BCUT2D eigenvalue weighted by Crippen LogP contribution is -2.28. The van der Waals surface area contributed by atoms with Crippen LogP contribution in [0, 0.1) is 0 Å². The molecule has 62 heavy (non-hydrogen) atoms. The van der Waals surface area contributed by atoms with Gasteiger partial charge in [0.05, 0.1) is 5.41 Å². The zero-order valence-electron chi connectivity index (χ0n) is 33.6. The Labute approximate surface area is 359 Å². The number of rotatable bonds is 7. The van der Waals surface area contributed by atoms with Crippen molar-refractivity contribution < 1.29 is 4.42 Å². The van der Waals surface area contributed by atoms with Crippen LogP contribution in [0.4, 0.5) is 0 Å². The fraction of sp³-hybridized carbons (Fsp3) is 0.0172. The van der Waals surface area contributed by atoms with Crippen molar-refractivity contribution in [2.45, 2.75) is 5.41 Å². The molecule has 0 amide bonds. The average molecular weight is 792 g/mol. The number of fused-ring (bicyclic) bond motifs is 6. The normalized spacial score (nSPS) is 12.6. The van der Waals surface area contributed by atoms with Gasteiger partial charge in [0.1, 0.15) is 11.2 Å². The Hall–Kier alpha value is -8.21. The molecule has 2 heterocycles. The summed E-state index contributed by atoms with van der Waals surface area (Å²) in [4.78, 5) is 15.2. The van der Waals surface area contributed by atoms with Gasteiger partial charge in [0.25, 0.3) is 0 Å². The van der Waals surface area contributed by atoms with Crippen LogP contribution in [0.25, 0.3) is 89.5 Å². The molecule has 0 saturated heterocycles. The molecule has 0 spiro atoms. The number of hydrogen-bond donors (Lipinski definition) is 0. The van der Waals surface area contributed by atoms with E-state index in [0.717, 1.165) is 60.9 Å². The van der Waals surface area contributed by atoms with Crippen molar-refractivity contribution in [3.05, 3.63) is 247 Å². The molecule has 4 nitrogen and oxygen atoms in total. The zero-order chi connectivity index (χ0) is 41.0. The molecule has 0 atom stereocenters. The highest BCUT2D eigenvalue weighted by Crippen LogP contribution is 2.56. The quantitative estimate of drug-likeness (QED) is 0.161. The third-order valence-electron chi connectivity index (χ3n) is 12.4. The van der Waals surface area contributed by atoms with Gasteiger partial charge in [-0.2, -0.15) is 0 Å². The van der Waals surface area contributed by atoms with E-state index < -0.39 is 5.41 Å². The number of nitrogens with zero attached hydrogens (tertiary/aromatic N) is 3. The minimum absolute atomic E-state index is 0.493. The molecule has 4 heteroatoms. The fourth-order valence-corrected chi connectivity index (χ4v) is 9.56. The molecule has 0 saturated carbocycles. The van der Waals surface area contributed by atoms with Crippen LogP contribution in [0.1, 0.15) is 22.3 Å². The van der Waals surface area contributed by atoms with E-state index in [1.54, 1.807) is 0 Å². The van der Waals surface area contributed by atoms with E-state index in [0.29, 0.717) is 17.5 Å². The second kappa shape index (κ2) is 14.5. The third kappa shape index (κ3) is 5.80. The minimum atomic E-state index is -0.493. The molecule has 11 aromatic rings. The monoisotopic (exact) mass is 791 g/mol. The summed E-state index contributed by atoms with van der Waals surface area (Å²) >= 11 is 0. The van der Waals surface area contributed by atoms with Gasteiger partial charge in [-0.25, -0.2) is 15.0 Å². The first-order valence-corrected chi connectivity index (χ1v) is 21.0. The zero-order valence-corrected chi connectivity index (χ0v) is 33.6. The van der Waals surface area contributed by atoms with Crippen LogP contribution in [0.15, 0.2) is 229 Å². The minimum Gasteiger partial charge on any atom is -0.456 e. The van der Waals surface area contributed by atoms with Crippen molar-refractivity contribution in [3.8, 4) is 67.5 Å². The van der Waals surface area contributed by atoms with Crippen molar-refractivity contribution in [1.82, 2.24) is 15.0 Å². The van der Waals surface area contributed by atoms with E-state index in [1.165, 1.54) is 33.4 Å². The summed E-state index contributed by atoms with van der Waals surface area (Å²) in [5.74, 6) is 1.87. The van der Waals surface area contributed by atoms with Gasteiger partial charge in [-0.05, 0) is 86.0 Å². The number of furan rings is 1. The highest BCUT2D eigenvalue weighted by molar-refractivity contribution is 6.07. The lowest BCUT2D eigenvalue weighted by molar-refractivity contribution is 0.665. The molecule has 0 fully saturated rings. The van der Waals surface area contributed by atoms with Crippen molar-refractivity contribution in [1.29, 1.82) is 0 Å². The Morgan fingerprint density at radius 1 is 0.290 bits per heavy atom. The molecule has 290 valence electrons. The molecule has 0 N–H and O–H groups in total. The van der Waals surface area contributed by atoms with Gasteiger partial charge < -0.3 is 4.42 Å². The maximum atomic E-state index is 6.71. The summed E-state index contributed by atoms with van der Waals surface area (Å²) < 4.78 is 6.71. The van der Waals surface area contributed by atoms with Gasteiger partial charge in [-0.1, -0.05) is 194 Å². The Balaban J connectivity index is 0.957. The first-order valence-electron chi connectivity index (χ1n) is 21.0. The molecule has 0 aliphatic heterocycles. The summed E-state index contributed by atoms with van der Waals surface area (Å²) in [7, 11) is 0. The standard InChI is InChI=1S/C58H37N3O/c1-4-16-38(17-5-1)40-20-14-22-43(34-40)56-59-55(39-18-6-2-7-19-39)60-57(61-56)44-23-15-21-41(35-44)42-30-33-53-50(36-42)49-32-31-46(37-54(49)62-53)58(45-24-8-3-9-25-45)51-28-12-10-26-47(51)48-27-11-13-29-52(48)58/h1-37H. The highest BCUT2D eigenvalue weighted by Gasteiger charge is 2.46. The van der Waals surface area contributed by atoms with Crippen LogP contribution in [0.5, 0.6) is 0 Å². The van der Waals surface area contributed by atoms with Gasteiger partial charge in [-0.3, -0.25) is 0 Å². The fourth-order valence-electron chi connectivity index (χ4n) is 9.56. The summed E-state index contributed by atoms with van der Waals surface area (Å²) in [5.41, 5.74) is 15.9. The van der Waals surface area contributed by atoms with E-state index in [4.69, 9.17) is 19.4 Å². The molecule has 0 bridgehead atoms. The van der Waals surface area contributed by atoms with Gasteiger partial charge in [0, 0.05) is 27.5 Å². The molecule has 1 aliphatic carbocycles. The van der Waals surface area contributed by atoms with E-state index >= 15 is 0 Å². The number of benzene rings is 9. The van der Waals surface area contributed by atoms with Gasteiger partial charge in [0.15, 0.2) is 17.5 Å². The van der Waals surface area contributed by atoms with E-state index in [9.17, 15) is 0 Å². The summed E-state index contributed by atoms with van der Waals surface area (Å²) in [6, 6.07) is 79.3. The lowest BCUT2D eigenvalue weighted by Gasteiger charge is -2.33. The van der Waals surface area contributed by atoms with Crippen LogP contribution in [0.3, 0.4) is 0 Å². The second-order valence-electron chi connectivity index (χ2n) is 15.9. The molecule has 2 aromatic heterocycles. The Morgan fingerprint density at radius 2 is 0.774 bits per heavy atom. The Bertz CT molecular complexity index is 3420. The van der Waals surface area contributed by atoms with E-state index in [2.05, 4.69) is 188 Å². The van der Waals surface area contributed by atoms with Crippen LogP contribution in [0.2, 0.25) is 0 Å². The Kier molecular flexibility index (Phi) is 8.36. The third-order valence-corrected chi connectivity index (χ3v) is 12.4. The van der Waals surface area contributed by atoms with Crippen LogP contribution >= 0.6 is 0 Å². The molecule has 9 aromatic carbocycles. The molecule has 0 unspecified atom stereocenters. The van der Waals surface area contributed by atoms with Crippen molar-refractivity contribution in [2.24, 2.45) is 0 Å². The van der Waals surface area contributed by atoms with Crippen LogP contribution in [-0.4, -0.2) is 15.0 Å². The first-order chi connectivity index (χ1) is 30.7. The molecule has 0 radical (unpaired) electrons. The lowest BCUT2D eigenvalue weighted by atomic mass is 9.67. The second-order valence-corrected chi connectivity index (χ2v) is 15.9. The number of aromatic nitrogens is 3. The largest absolute Gasteiger partial charge is 0.456 e. The molecular formula is C58H37N3O. The van der Waals surface area contributed by atoms with E-state index in [1.807, 2.05) is 36.4 Å². The molecular weight excluding hydrogens is 755 g/mol. The summed E-state index contributed by atoms with van der Waals surface area (Å²) in [6.45, 7) is 0. The summed E-state index contributed by atoms with van der Waals surface area (Å²) in [5, 5.41) is 2.15. The number of hydrogen-bond acceptors (Lipinski definition) is 4. The predicted octanol–water partition coefficient (Wildman–Crippen LogP) is 14.5. The van der Waals surface area contributed by atoms with Crippen molar-refractivity contribution in [2.75, 3.05) is 0 Å².